The average molecular weight is 278 g/mol. The summed E-state index contributed by atoms with van der Waals surface area (Å²) in [7, 11) is -3.30. The second-order valence-electron chi connectivity index (χ2n) is 5.27. The maximum Gasteiger partial charge on any atom is 0.216 e. The molecule has 1 aliphatic rings. The number of hydrogen-bond acceptors (Lipinski definition) is 3. The Morgan fingerprint density at radius 3 is 2.53 bits per heavy atom. The van der Waals surface area contributed by atoms with E-state index < -0.39 is 10.0 Å². The summed E-state index contributed by atoms with van der Waals surface area (Å²) in [5, 5.41) is 8.69. The van der Waals surface area contributed by atoms with E-state index in [-0.39, 0.29) is 11.8 Å². The highest BCUT2D eigenvalue weighted by Gasteiger charge is 2.25. The number of hydrogen-bond donors (Lipinski definition) is 1. The Balaban J connectivity index is 1.93. The first-order valence-corrected chi connectivity index (χ1v) is 8.13. The Bertz CT molecular complexity index is 568. The van der Waals surface area contributed by atoms with Crippen LogP contribution in [0, 0.1) is 17.2 Å². The first kappa shape index (κ1) is 14.0. The van der Waals surface area contributed by atoms with Crippen molar-refractivity contribution in [3.8, 4) is 6.07 Å². The van der Waals surface area contributed by atoms with Gasteiger partial charge in [-0.2, -0.15) is 5.26 Å². The monoisotopic (exact) mass is 278 g/mol. The molecule has 0 aromatic heterocycles. The van der Waals surface area contributed by atoms with Crippen LogP contribution in [0.5, 0.6) is 0 Å². The summed E-state index contributed by atoms with van der Waals surface area (Å²) in [5.74, 6) is 0.667. The second-order valence-corrected chi connectivity index (χ2v) is 7.02. The minimum atomic E-state index is -3.30. The Kier molecular flexibility index (Phi) is 4.23. The van der Waals surface area contributed by atoms with Crippen molar-refractivity contribution in [2.45, 2.75) is 38.0 Å². The zero-order valence-corrected chi connectivity index (χ0v) is 11.8. The molecule has 0 spiro atoms. The standard InChI is InChI=1S/C14H18N2O2S/c1-11(8-12-2-3-12)16-19(17,18)10-14-6-4-13(9-15)5-7-14/h4-7,11-12,16H,2-3,8,10H2,1H3. The van der Waals surface area contributed by atoms with Gasteiger partial charge in [-0.25, -0.2) is 13.1 Å². The molecular formula is C14H18N2O2S. The van der Waals surface area contributed by atoms with Gasteiger partial charge in [0.1, 0.15) is 0 Å². The third kappa shape index (κ3) is 4.66. The molecule has 0 bridgehead atoms. The van der Waals surface area contributed by atoms with Crippen LogP contribution in [0.4, 0.5) is 0 Å². The first-order chi connectivity index (χ1) is 8.98. The van der Waals surface area contributed by atoms with Gasteiger partial charge in [-0.1, -0.05) is 25.0 Å². The van der Waals surface area contributed by atoms with Crippen molar-refractivity contribution in [1.82, 2.24) is 4.72 Å². The van der Waals surface area contributed by atoms with Gasteiger partial charge in [0, 0.05) is 6.04 Å². The van der Waals surface area contributed by atoms with Crippen molar-refractivity contribution >= 4 is 10.0 Å². The highest BCUT2D eigenvalue weighted by atomic mass is 32.2. The summed E-state index contributed by atoms with van der Waals surface area (Å²) in [5.41, 5.74) is 1.24. The van der Waals surface area contributed by atoms with E-state index in [0.717, 1.165) is 6.42 Å². The largest absolute Gasteiger partial charge is 0.216 e. The number of nitriles is 1. The van der Waals surface area contributed by atoms with Crippen LogP contribution in [0.1, 0.15) is 37.3 Å². The molecule has 1 fully saturated rings. The Labute approximate surface area is 114 Å². The molecule has 0 heterocycles. The summed E-state index contributed by atoms with van der Waals surface area (Å²) in [6.45, 7) is 1.91. The molecular weight excluding hydrogens is 260 g/mol. The minimum absolute atomic E-state index is 0.00381. The first-order valence-electron chi connectivity index (χ1n) is 6.47. The van der Waals surface area contributed by atoms with Gasteiger partial charge in [0.25, 0.3) is 0 Å². The third-order valence-electron chi connectivity index (χ3n) is 3.20. The number of benzene rings is 1. The lowest BCUT2D eigenvalue weighted by atomic mass is 10.2. The van der Waals surface area contributed by atoms with Crippen molar-refractivity contribution in [2.24, 2.45) is 5.92 Å². The van der Waals surface area contributed by atoms with Gasteiger partial charge in [0.2, 0.25) is 10.0 Å². The summed E-state index contributed by atoms with van der Waals surface area (Å²) in [4.78, 5) is 0. The zero-order chi connectivity index (χ0) is 13.9. The smallest absolute Gasteiger partial charge is 0.212 e. The van der Waals surface area contributed by atoms with E-state index in [1.54, 1.807) is 24.3 Å². The minimum Gasteiger partial charge on any atom is -0.212 e. The number of sulfonamides is 1. The van der Waals surface area contributed by atoms with Gasteiger partial charge in [0.15, 0.2) is 0 Å². The summed E-state index contributed by atoms with van der Waals surface area (Å²) in [6.07, 6.45) is 3.37. The van der Waals surface area contributed by atoms with Gasteiger partial charge < -0.3 is 0 Å². The molecule has 1 unspecified atom stereocenters. The van der Waals surface area contributed by atoms with E-state index in [1.807, 2.05) is 13.0 Å². The van der Waals surface area contributed by atoms with Crippen molar-refractivity contribution in [3.05, 3.63) is 35.4 Å². The van der Waals surface area contributed by atoms with E-state index in [4.69, 9.17) is 5.26 Å². The quantitative estimate of drug-likeness (QED) is 0.867. The number of nitrogens with zero attached hydrogens (tertiary/aromatic N) is 1. The molecule has 102 valence electrons. The number of nitrogens with one attached hydrogen (secondary N) is 1. The fourth-order valence-corrected chi connectivity index (χ4v) is 3.57. The Hall–Kier alpha value is -1.38. The predicted molar refractivity (Wildman–Crippen MR) is 73.7 cm³/mol. The molecule has 1 aliphatic carbocycles. The molecule has 1 saturated carbocycles. The molecule has 0 saturated heterocycles. The van der Waals surface area contributed by atoms with Gasteiger partial charge in [-0.3, -0.25) is 0 Å². The van der Waals surface area contributed by atoms with Crippen molar-refractivity contribution in [1.29, 1.82) is 5.26 Å². The fraction of sp³-hybridized carbons (Fsp3) is 0.500. The lowest BCUT2D eigenvalue weighted by Crippen LogP contribution is -2.33. The van der Waals surface area contributed by atoms with Crippen LogP contribution in [-0.2, 0) is 15.8 Å². The highest BCUT2D eigenvalue weighted by molar-refractivity contribution is 7.88. The van der Waals surface area contributed by atoms with E-state index in [9.17, 15) is 8.42 Å². The molecule has 0 amide bonds. The van der Waals surface area contributed by atoms with E-state index in [2.05, 4.69) is 4.72 Å². The van der Waals surface area contributed by atoms with Crippen LogP contribution in [0.3, 0.4) is 0 Å². The molecule has 0 radical (unpaired) electrons. The molecule has 2 rings (SSSR count). The molecule has 1 N–H and O–H groups in total. The summed E-state index contributed by atoms with van der Waals surface area (Å²) >= 11 is 0. The predicted octanol–water partition coefficient (Wildman–Crippen LogP) is 2.17. The van der Waals surface area contributed by atoms with Crippen molar-refractivity contribution in [3.63, 3.8) is 0 Å². The van der Waals surface area contributed by atoms with Crippen LogP contribution in [0.25, 0.3) is 0 Å². The van der Waals surface area contributed by atoms with Crippen LogP contribution in [0.15, 0.2) is 24.3 Å². The topological polar surface area (TPSA) is 70.0 Å². The maximum atomic E-state index is 12.0. The molecule has 1 atom stereocenters. The van der Waals surface area contributed by atoms with Gasteiger partial charge in [-0.15, -0.1) is 0 Å². The molecule has 4 nitrogen and oxygen atoms in total. The SMILES string of the molecule is CC(CC1CC1)NS(=O)(=O)Cc1ccc(C#N)cc1. The fourth-order valence-electron chi connectivity index (χ4n) is 2.14. The van der Waals surface area contributed by atoms with Crippen LogP contribution >= 0.6 is 0 Å². The van der Waals surface area contributed by atoms with Crippen LogP contribution in [0.2, 0.25) is 0 Å². The Morgan fingerprint density at radius 2 is 2.00 bits per heavy atom. The Morgan fingerprint density at radius 1 is 1.37 bits per heavy atom. The molecule has 1 aromatic rings. The highest BCUT2D eigenvalue weighted by Crippen LogP contribution is 2.33. The lowest BCUT2D eigenvalue weighted by Gasteiger charge is -2.13. The molecule has 0 aliphatic heterocycles. The third-order valence-corrected chi connectivity index (χ3v) is 4.68. The summed E-state index contributed by atoms with van der Waals surface area (Å²) < 4.78 is 26.7. The lowest BCUT2D eigenvalue weighted by molar-refractivity contribution is 0.529. The van der Waals surface area contributed by atoms with Crippen molar-refractivity contribution < 1.29 is 8.42 Å². The van der Waals surface area contributed by atoms with Crippen LogP contribution < -0.4 is 4.72 Å². The van der Waals surface area contributed by atoms with E-state index in [0.29, 0.717) is 17.0 Å². The van der Waals surface area contributed by atoms with Gasteiger partial charge in [-0.05, 0) is 37.0 Å². The molecule has 1 aromatic carbocycles. The van der Waals surface area contributed by atoms with Gasteiger partial charge in [0.05, 0.1) is 17.4 Å². The second kappa shape index (κ2) is 5.72. The molecule has 5 heteroatoms. The summed E-state index contributed by atoms with van der Waals surface area (Å²) in [6, 6.07) is 8.65. The average Bonchev–Trinajstić information content (AvgIpc) is 3.12. The van der Waals surface area contributed by atoms with Crippen molar-refractivity contribution in [2.75, 3.05) is 0 Å². The zero-order valence-electron chi connectivity index (χ0n) is 11.0. The van der Waals surface area contributed by atoms with Gasteiger partial charge >= 0.3 is 0 Å². The maximum absolute atomic E-state index is 12.0. The normalized spacial score (nSPS) is 16.8. The van der Waals surface area contributed by atoms with Crippen LogP contribution in [-0.4, -0.2) is 14.5 Å². The van der Waals surface area contributed by atoms with E-state index >= 15 is 0 Å². The molecule has 19 heavy (non-hydrogen) atoms. The van der Waals surface area contributed by atoms with E-state index in [1.165, 1.54) is 12.8 Å². The number of rotatable bonds is 6.